The Morgan fingerprint density at radius 3 is 2.80 bits per heavy atom. The van der Waals surface area contributed by atoms with Crippen molar-refractivity contribution in [2.75, 3.05) is 18.5 Å². The third-order valence-electron chi connectivity index (χ3n) is 3.02. The third kappa shape index (κ3) is 3.62. The minimum Gasteiger partial charge on any atom is -0.489 e. The first-order valence-electron chi connectivity index (χ1n) is 6.57. The van der Waals surface area contributed by atoms with Gasteiger partial charge in [-0.25, -0.2) is 0 Å². The Labute approximate surface area is 123 Å². The highest BCUT2D eigenvalue weighted by Crippen LogP contribution is 2.29. The molecule has 1 aliphatic rings. The summed E-state index contributed by atoms with van der Waals surface area (Å²) in [6.07, 6.45) is 0.0431. The van der Waals surface area contributed by atoms with Crippen LogP contribution in [-0.2, 0) is 9.53 Å². The van der Waals surface area contributed by atoms with Crippen molar-refractivity contribution in [3.8, 4) is 5.75 Å². The second-order valence-electron chi connectivity index (χ2n) is 5.11. The summed E-state index contributed by atoms with van der Waals surface area (Å²) in [5.74, 6) is 0.129. The lowest BCUT2D eigenvalue weighted by atomic mass is 10.0. The minimum absolute atomic E-state index is 0.0431. The van der Waals surface area contributed by atoms with Crippen LogP contribution in [0.1, 0.15) is 13.8 Å². The zero-order valence-corrected chi connectivity index (χ0v) is 12.3. The maximum absolute atomic E-state index is 12.1. The molecule has 1 aliphatic heterocycles. The van der Waals surface area contributed by atoms with E-state index < -0.39 is 0 Å². The Balaban J connectivity index is 2.03. The summed E-state index contributed by atoms with van der Waals surface area (Å²) in [7, 11) is 0. The summed E-state index contributed by atoms with van der Waals surface area (Å²) in [5.41, 5.74) is 6.43. The van der Waals surface area contributed by atoms with Crippen molar-refractivity contribution >= 4 is 23.2 Å². The molecule has 1 aromatic rings. The summed E-state index contributed by atoms with van der Waals surface area (Å²) in [5, 5.41) is 3.26. The molecule has 1 amide bonds. The van der Waals surface area contributed by atoms with Crippen LogP contribution >= 0.6 is 11.6 Å². The molecule has 0 saturated carbocycles. The maximum atomic E-state index is 12.1. The number of hydrogen-bond acceptors (Lipinski definition) is 4. The van der Waals surface area contributed by atoms with Crippen molar-refractivity contribution in [2.45, 2.75) is 26.0 Å². The number of halogens is 1. The van der Waals surface area contributed by atoms with Crippen LogP contribution in [0, 0.1) is 5.92 Å². The molecule has 1 saturated heterocycles. The molecule has 0 spiro atoms. The molecule has 3 N–H and O–H groups in total. The van der Waals surface area contributed by atoms with E-state index in [1.54, 1.807) is 18.2 Å². The van der Waals surface area contributed by atoms with E-state index >= 15 is 0 Å². The number of ether oxygens (including phenoxy) is 2. The van der Waals surface area contributed by atoms with Gasteiger partial charge in [-0.05, 0) is 32.0 Å². The Kier molecular flexibility index (Phi) is 4.86. The van der Waals surface area contributed by atoms with Gasteiger partial charge in [0.15, 0.2) is 0 Å². The Bertz CT molecular complexity index is 493. The SMILES string of the molecule is CC(C)Oc1ccc(NC(=O)C2COCC2N)cc1Cl. The van der Waals surface area contributed by atoms with E-state index in [0.717, 1.165) is 0 Å². The maximum Gasteiger partial charge on any atom is 0.231 e. The van der Waals surface area contributed by atoms with Crippen LogP contribution in [-0.4, -0.2) is 31.3 Å². The molecule has 0 radical (unpaired) electrons. The van der Waals surface area contributed by atoms with Gasteiger partial charge in [0, 0.05) is 11.7 Å². The lowest BCUT2D eigenvalue weighted by Gasteiger charge is -2.15. The summed E-state index contributed by atoms with van der Waals surface area (Å²) >= 11 is 6.12. The zero-order chi connectivity index (χ0) is 14.7. The molecular weight excluding hydrogens is 280 g/mol. The molecule has 2 unspecified atom stereocenters. The second-order valence-corrected chi connectivity index (χ2v) is 5.52. The van der Waals surface area contributed by atoms with E-state index in [4.69, 9.17) is 26.8 Å². The Morgan fingerprint density at radius 1 is 1.50 bits per heavy atom. The predicted molar refractivity (Wildman–Crippen MR) is 78.1 cm³/mol. The highest BCUT2D eigenvalue weighted by atomic mass is 35.5. The molecule has 0 aliphatic carbocycles. The van der Waals surface area contributed by atoms with Crippen LogP contribution < -0.4 is 15.8 Å². The smallest absolute Gasteiger partial charge is 0.231 e. The summed E-state index contributed by atoms with van der Waals surface area (Å²) in [6, 6.07) is 4.90. The van der Waals surface area contributed by atoms with Crippen LogP contribution in [0.5, 0.6) is 5.75 Å². The van der Waals surface area contributed by atoms with E-state index in [0.29, 0.717) is 29.7 Å². The van der Waals surface area contributed by atoms with Crippen LogP contribution in [0.15, 0.2) is 18.2 Å². The van der Waals surface area contributed by atoms with Crippen LogP contribution in [0.4, 0.5) is 5.69 Å². The highest BCUT2D eigenvalue weighted by Gasteiger charge is 2.31. The number of rotatable bonds is 4. The second kappa shape index (κ2) is 6.43. The highest BCUT2D eigenvalue weighted by molar-refractivity contribution is 6.32. The van der Waals surface area contributed by atoms with Gasteiger partial charge in [-0.1, -0.05) is 11.6 Å². The summed E-state index contributed by atoms with van der Waals surface area (Å²) < 4.78 is 10.7. The van der Waals surface area contributed by atoms with Gasteiger partial charge < -0.3 is 20.5 Å². The standard InChI is InChI=1S/C14H19ClN2O3/c1-8(2)20-13-4-3-9(5-11(13)15)17-14(18)10-6-19-7-12(10)16/h3-5,8,10,12H,6-7,16H2,1-2H3,(H,17,18). The molecule has 1 fully saturated rings. The fourth-order valence-electron chi connectivity index (χ4n) is 2.00. The lowest BCUT2D eigenvalue weighted by molar-refractivity contribution is -0.120. The molecule has 20 heavy (non-hydrogen) atoms. The van der Waals surface area contributed by atoms with Gasteiger partial charge in [0.2, 0.25) is 5.91 Å². The van der Waals surface area contributed by atoms with E-state index in [2.05, 4.69) is 5.32 Å². The van der Waals surface area contributed by atoms with Crippen LogP contribution in [0.2, 0.25) is 5.02 Å². The fraction of sp³-hybridized carbons (Fsp3) is 0.500. The van der Waals surface area contributed by atoms with Gasteiger partial charge in [0.1, 0.15) is 5.75 Å². The monoisotopic (exact) mass is 298 g/mol. The van der Waals surface area contributed by atoms with Gasteiger partial charge >= 0.3 is 0 Å². The number of nitrogens with two attached hydrogens (primary N) is 1. The molecule has 0 bridgehead atoms. The number of amides is 1. The summed E-state index contributed by atoms with van der Waals surface area (Å²) in [6.45, 7) is 4.62. The summed E-state index contributed by atoms with van der Waals surface area (Å²) in [4.78, 5) is 12.1. The van der Waals surface area contributed by atoms with Gasteiger partial charge in [0.25, 0.3) is 0 Å². The van der Waals surface area contributed by atoms with Crippen molar-refractivity contribution in [1.82, 2.24) is 0 Å². The topological polar surface area (TPSA) is 73.6 Å². The fourth-order valence-corrected chi connectivity index (χ4v) is 2.23. The van der Waals surface area contributed by atoms with Gasteiger partial charge in [-0.15, -0.1) is 0 Å². The lowest BCUT2D eigenvalue weighted by Crippen LogP contribution is -2.37. The normalized spacial score (nSPS) is 22.1. The van der Waals surface area contributed by atoms with Gasteiger partial charge in [0.05, 0.1) is 30.3 Å². The minimum atomic E-state index is -0.319. The molecular formula is C14H19ClN2O3. The van der Waals surface area contributed by atoms with E-state index in [9.17, 15) is 4.79 Å². The number of anilines is 1. The average Bonchev–Trinajstić information content (AvgIpc) is 2.78. The largest absolute Gasteiger partial charge is 0.489 e. The molecule has 0 aromatic heterocycles. The molecule has 2 rings (SSSR count). The third-order valence-corrected chi connectivity index (χ3v) is 3.32. The first-order valence-corrected chi connectivity index (χ1v) is 6.95. The molecule has 5 nitrogen and oxygen atoms in total. The first-order chi connectivity index (χ1) is 9.47. The number of carbonyl (C=O) groups excluding carboxylic acids is 1. The van der Waals surface area contributed by atoms with Crippen molar-refractivity contribution in [2.24, 2.45) is 11.7 Å². The predicted octanol–water partition coefficient (Wildman–Crippen LogP) is 2.04. The van der Waals surface area contributed by atoms with Crippen molar-refractivity contribution in [1.29, 1.82) is 0 Å². The Morgan fingerprint density at radius 2 is 2.25 bits per heavy atom. The number of benzene rings is 1. The van der Waals surface area contributed by atoms with E-state index in [1.165, 1.54) is 0 Å². The molecule has 2 atom stereocenters. The molecule has 1 aromatic carbocycles. The van der Waals surface area contributed by atoms with Crippen molar-refractivity contribution < 1.29 is 14.3 Å². The van der Waals surface area contributed by atoms with E-state index in [-0.39, 0.29) is 24.0 Å². The number of nitrogens with one attached hydrogen (secondary N) is 1. The number of carbonyl (C=O) groups is 1. The van der Waals surface area contributed by atoms with Crippen molar-refractivity contribution in [3.63, 3.8) is 0 Å². The average molecular weight is 299 g/mol. The quantitative estimate of drug-likeness (QED) is 0.892. The van der Waals surface area contributed by atoms with Crippen molar-refractivity contribution in [3.05, 3.63) is 23.2 Å². The van der Waals surface area contributed by atoms with Crippen LogP contribution in [0.25, 0.3) is 0 Å². The Hall–Kier alpha value is -1.30. The zero-order valence-electron chi connectivity index (χ0n) is 11.6. The number of hydrogen-bond donors (Lipinski definition) is 2. The molecule has 110 valence electrons. The molecule has 6 heteroatoms. The van der Waals surface area contributed by atoms with Gasteiger partial charge in [-0.3, -0.25) is 4.79 Å². The van der Waals surface area contributed by atoms with Gasteiger partial charge in [-0.2, -0.15) is 0 Å². The molecule has 1 heterocycles. The van der Waals surface area contributed by atoms with E-state index in [1.807, 2.05) is 13.8 Å². The first kappa shape index (κ1) is 15.1. The van der Waals surface area contributed by atoms with Crippen LogP contribution in [0.3, 0.4) is 0 Å².